The van der Waals surface area contributed by atoms with Gasteiger partial charge in [-0.15, -0.1) is 11.3 Å². The van der Waals surface area contributed by atoms with Crippen molar-refractivity contribution in [1.29, 1.82) is 0 Å². The molecule has 0 bridgehead atoms. The maximum absolute atomic E-state index is 12.2. The predicted octanol–water partition coefficient (Wildman–Crippen LogP) is 3.60. The molecule has 0 spiro atoms. The second kappa shape index (κ2) is 5.40. The van der Waals surface area contributed by atoms with Crippen LogP contribution in [0.4, 0.5) is 8.78 Å². The van der Waals surface area contributed by atoms with Crippen LogP contribution in [0.25, 0.3) is 10.4 Å². The first-order chi connectivity index (χ1) is 10.0. The van der Waals surface area contributed by atoms with Gasteiger partial charge in [0.25, 0.3) is 0 Å². The third-order valence-corrected chi connectivity index (χ3v) is 4.38. The van der Waals surface area contributed by atoms with E-state index in [1.807, 2.05) is 11.4 Å². The maximum atomic E-state index is 12.2. The summed E-state index contributed by atoms with van der Waals surface area (Å²) in [5, 5.41) is 10.8. The van der Waals surface area contributed by atoms with Crippen molar-refractivity contribution in [3.05, 3.63) is 35.5 Å². The Morgan fingerprint density at radius 1 is 1.43 bits per heavy atom. The molecule has 0 aliphatic heterocycles. The monoisotopic (exact) mass is 311 g/mol. The third kappa shape index (κ3) is 3.02. The number of carboxylic acids is 1. The molecule has 1 N–H and O–H groups in total. The van der Waals surface area contributed by atoms with Gasteiger partial charge in [0.1, 0.15) is 5.75 Å². The number of hydrogen-bond acceptors (Lipinski definition) is 4. The maximum Gasteiger partial charge on any atom is 0.387 e. The summed E-state index contributed by atoms with van der Waals surface area (Å²) in [4.78, 5) is 15.6. The summed E-state index contributed by atoms with van der Waals surface area (Å²) >= 11 is 1.44. The van der Waals surface area contributed by atoms with Gasteiger partial charge < -0.3 is 9.84 Å². The van der Waals surface area contributed by atoms with Gasteiger partial charge in [-0.25, -0.2) is 0 Å². The molecule has 0 unspecified atom stereocenters. The molecule has 4 nitrogen and oxygen atoms in total. The van der Waals surface area contributed by atoms with Gasteiger partial charge >= 0.3 is 12.6 Å². The van der Waals surface area contributed by atoms with Crippen LogP contribution in [0.15, 0.2) is 29.9 Å². The van der Waals surface area contributed by atoms with Gasteiger partial charge in [-0.2, -0.15) is 8.78 Å². The molecule has 0 aromatic carbocycles. The van der Waals surface area contributed by atoms with Crippen LogP contribution in [0.2, 0.25) is 0 Å². The highest BCUT2D eigenvalue weighted by molar-refractivity contribution is 7.13. The molecular weight excluding hydrogens is 300 g/mol. The van der Waals surface area contributed by atoms with E-state index in [2.05, 4.69) is 9.72 Å². The van der Waals surface area contributed by atoms with E-state index in [1.165, 1.54) is 23.6 Å². The summed E-state index contributed by atoms with van der Waals surface area (Å²) in [6.07, 6.45) is 3.44. The van der Waals surface area contributed by atoms with Crippen molar-refractivity contribution in [2.75, 3.05) is 0 Å². The molecule has 3 rings (SSSR count). The molecule has 2 aromatic heterocycles. The van der Waals surface area contributed by atoms with E-state index >= 15 is 0 Å². The van der Waals surface area contributed by atoms with Crippen molar-refractivity contribution in [2.24, 2.45) is 5.92 Å². The zero-order valence-corrected chi connectivity index (χ0v) is 11.5. The number of pyridine rings is 1. The fourth-order valence-corrected chi connectivity index (χ4v) is 3.21. The highest BCUT2D eigenvalue weighted by Gasteiger charge is 2.44. The van der Waals surface area contributed by atoms with Crippen LogP contribution >= 0.6 is 11.3 Å². The minimum Gasteiger partial charge on any atom is -0.481 e. The van der Waals surface area contributed by atoms with E-state index in [4.69, 9.17) is 5.11 Å². The van der Waals surface area contributed by atoms with Gasteiger partial charge in [-0.3, -0.25) is 9.78 Å². The lowest BCUT2D eigenvalue weighted by Gasteiger charge is -2.04. The summed E-state index contributed by atoms with van der Waals surface area (Å²) in [7, 11) is 0. The van der Waals surface area contributed by atoms with Crippen LogP contribution in [0, 0.1) is 5.92 Å². The summed E-state index contributed by atoms with van der Waals surface area (Å²) in [5.41, 5.74) is 1.65. The molecule has 0 amide bonds. The highest BCUT2D eigenvalue weighted by atomic mass is 32.1. The Balaban J connectivity index is 1.79. The van der Waals surface area contributed by atoms with Crippen LogP contribution in [-0.2, 0) is 4.79 Å². The number of rotatable bonds is 5. The Labute approximate surface area is 123 Å². The van der Waals surface area contributed by atoms with E-state index in [0.29, 0.717) is 12.0 Å². The number of carboxylic acid groups (broad SMARTS) is 1. The number of carbonyl (C=O) groups is 1. The first-order valence-electron chi connectivity index (χ1n) is 6.26. The number of nitrogens with zero attached hydrogens (tertiary/aromatic N) is 1. The summed E-state index contributed by atoms with van der Waals surface area (Å²) < 4.78 is 28.7. The second-order valence-electron chi connectivity index (χ2n) is 4.82. The molecule has 7 heteroatoms. The number of aromatic nitrogens is 1. The molecule has 0 saturated heterocycles. The predicted molar refractivity (Wildman–Crippen MR) is 72.7 cm³/mol. The molecule has 2 atom stereocenters. The average Bonchev–Trinajstić information content (AvgIpc) is 3.09. The Kier molecular flexibility index (Phi) is 3.59. The lowest BCUT2D eigenvalue weighted by Crippen LogP contribution is -2.02. The molecule has 2 heterocycles. The standard InChI is InChI=1S/C14H11F2NO3S/c15-14(16)20-9-1-7(4-17-5-9)12-2-8(6-21-12)10-3-11(10)13(18)19/h1-2,4-6,10-11,14H,3H2,(H,18,19)/t10-,11+/m0/s1. The zero-order valence-electron chi connectivity index (χ0n) is 10.7. The minimum absolute atomic E-state index is 0.00674. The molecule has 21 heavy (non-hydrogen) atoms. The van der Waals surface area contributed by atoms with Gasteiger partial charge in [0.2, 0.25) is 0 Å². The number of thiophene rings is 1. The Morgan fingerprint density at radius 3 is 2.90 bits per heavy atom. The first kappa shape index (κ1) is 13.9. The third-order valence-electron chi connectivity index (χ3n) is 3.38. The summed E-state index contributed by atoms with van der Waals surface area (Å²) in [6, 6.07) is 3.39. The molecule has 1 fully saturated rings. The van der Waals surface area contributed by atoms with Crippen molar-refractivity contribution in [1.82, 2.24) is 4.98 Å². The van der Waals surface area contributed by atoms with Crippen LogP contribution in [0.1, 0.15) is 17.9 Å². The van der Waals surface area contributed by atoms with Crippen LogP contribution in [-0.4, -0.2) is 22.7 Å². The van der Waals surface area contributed by atoms with Crippen molar-refractivity contribution in [3.63, 3.8) is 0 Å². The van der Waals surface area contributed by atoms with Gasteiger partial charge in [0.05, 0.1) is 12.1 Å². The van der Waals surface area contributed by atoms with Crippen molar-refractivity contribution >= 4 is 17.3 Å². The zero-order chi connectivity index (χ0) is 15.0. The Hall–Kier alpha value is -2.02. The van der Waals surface area contributed by atoms with E-state index in [-0.39, 0.29) is 17.6 Å². The average molecular weight is 311 g/mol. The lowest BCUT2D eigenvalue weighted by atomic mass is 10.1. The van der Waals surface area contributed by atoms with E-state index in [1.54, 1.807) is 6.20 Å². The van der Waals surface area contributed by atoms with E-state index in [0.717, 1.165) is 10.4 Å². The molecule has 1 saturated carbocycles. The molecule has 110 valence electrons. The number of ether oxygens (including phenoxy) is 1. The normalized spacial score (nSPS) is 20.5. The Morgan fingerprint density at radius 2 is 2.24 bits per heavy atom. The largest absolute Gasteiger partial charge is 0.481 e. The molecule has 2 aromatic rings. The van der Waals surface area contributed by atoms with Crippen molar-refractivity contribution in [3.8, 4) is 16.2 Å². The smallest absolute Gasteiger partial charge is 0.387 e. The fraction of sp³-hybridized carbons (Fsp3) is 0.286. The number of hydrogen-bond donors (Lipinski definition) is 1. The summed E-state index contributed by atoms with van der Waals surface area (Å²) in [6.45, 7) is -2.89. The summed E-state index contributed by atoms with van der Waals surface area (Å²) in [5.74, 6) is -1.02. The van der Waals surface area contributed by atoms with E-state index in [9.17, 15) is 13.6 Å². The molecular formula is C14H11F2NO3S. The lowest BCUT2D eigenvalue weighted by molar-refractivity contribution is -0.138. The van der Waals surface area contributed by atoms with Crippen LogP contribution < -0.4 is 4.74 Å². The second-order valence-corrected chi connectivity index (χ2v) is 5.73. The van der Waals surface area contributed by atoms with Gasteiger partial charge in [-0.05, 0) is 35.4 Å². The van der Waals surface area contributed by atoms with Gasteiger partial charge in [-0.1, -0.05) is 0 Å². The fourth-order valence-electron chi connectivity index (χ4n) is 2.25. The SMILES string of the molecule is O=C(O)[C@@H]1C[C@H]1c1csc(-c2cncc(OC(F)F)c2)c1. The topological polar surface area (TPSA) is 59.4 Å². The first-order valence-corrected chi connectivity index (χ1v) is 7.14. The van der Waals surface area contributed by atoms with Crippen LogP contribution in [0.3, 0.4) is 0 Å². The van der Waals surface area contributed by atoms with Gasteiger partial charge in [0, 0.05) is 16.6 Å². The van der Waals surface area contributed by atoms with E-state index < -0.39 is 12.6 Å². The van der Waals surface area contributed by atoms with Crippen molar-refractivity contribution < 1.29 is 23.4 Å². The molecule has 0 radical (unpaired) electrons. The quantitative estimate of drug-likeness (QED) is 0.916. The molecule has 1 aliphatic carbocycles. The Bertz CT molecular complexity index is 674. The van der Waals surface area contributed by atoms with Crippen LogP contribution in [0.5, 0.6) is 5.75 Å². The number of aliphatic carboxylic acids is 1. The molecule has 1 aliphatic rings. The minimum atomic E-state index is -2.89. The van der Waals surface area contributed by atoms with Crippen molar-refractivity contribution in [2.45, 2.75) is 19.0 Å². The highest BCUT2D eigenvalue weighted by Crippen LogP contribution is 2.49. The number of halogens is 2. The van der Waals surface area contributed by atoms with Gasteiger partial charge in [0.15, 0.2) is 0 Å². The number of alkyl halides is 2.